The Labute approximate surface area is 119 Å². The van der Waals surface area contributed by atoms with Crippen LogP contribution in [0.5, 0.6) is 0 Å². The molecule has 1 unspecified atom stereocenters. The number of likely N-dealkylation sites (N-methyl/N-ethyl adjacent to an activating group) is 1. The van der Waals surface area contributed by atoms with Crippen molar-refractivity contribution in [2.75, 3.05) is 7.05 Å². The Balaban J connectivity index is 1.77. The predicted molar refractivity (Wildman–Crippen MR) is 80.8 cm³/mol. The Morgan fingerprint density at radius 3 is 2.89 bits per heavy atom. The average Bonchev–Trinajstić information content (AvgIpc) is 2.97. The Morgan fingerprint density at radius 1 is 1.42 bits per heavy atom. The fourth-order valence-electron chi connectivity index (χ4n) is 3.49. The minimum absolute atomic E-state index is 0.435. The first kappa shape index (κ1) is 13.1. The summed E-state index contributed by atoms with van der Waals surface area (Å²) in [6, 6.07) is 0.539. The smallest absolute Gasteiger partial charge is 0.193 e. The lowest BCUT2D eigenvalue weighted by atomic mass is 9.69. The van der Waals surface area contributed by atoms with Gasteiger partial charge in [0.25, 0.3) is 0 Å². The number of thiazole rings is 1. The summed E-state index contributed by atoms with van der Waals surface area (Å²) in [5.74, 6) is 0. The highest BCUT2D eigenvalue weighted by atomic mass is 32.1. The summed E-state index contributed by atoms with van der Waals surface area (Å²) < 4.78 is 2.13. The number of hydrogen-bond donors (Lipinski definition) is 1. The summed E-state index contributed by atoms with van der Waals surface area (Å²) in [5.41, 5.74) is 1.65. The third-order valence-corrected chi connectivity index (χ3v) is 5.51. The summed E-state index contributed by atoms with van der Waals surface area (Å²) in [6.07, 6.45) is 12.2. The Morgan fingerprint density at radius 2 is 2.21 bits per heavy atom. The molecular weight excluding hydrogens is 254 g/mol. The zero-order valence-electron chi connectivity index (χ0n) is 11.9. The molecule has 0 spiro atoms. The number of hydrogen-bond acceptors (Lipinski definition) is 3. The molecular formula is C15H23N3S. The summed E-state index contributed by atoms with van der Waals surface area (Å²) in [5, 5.41) is 5.64. The molecule has 104 valence electrons. The second-order valence-corrected chi connectivity index (χ2v) is 6.96. The third kappa shape index (κ3) is 2.56. The topological polar surface area (TPSA) is 29.3 Å². The van der Waals surface area contributed by atoms with E-state index in [-0.39, 0.29) is 0 Å². The third-order valence-electron chi connectivity index (χ3n) is 4.74. The molecule has 1 N–H and O–H groups in total. The van der Waals surface area contributed by atoms with Crippen LogP contribution in [0.1, 0.15) is 44.7 Å². The van der Waals surface area contributed by atoms with Crippen molar-refractivity contribution >= 4 is 16.3 Å². The van der Waals surface area contributed by atoms with E-state index in [2.05, 4.69) is 41.5 Å². The number of aromatic nitrogens is 2. The van der Waals surface area contributed by atoms with Crippen LogP contribution in [0, 0.1) is 5.41 Å². The molecule has 3 nitrogen and oxygen atoms in total. The van der Waals surface area contributed by atoms with Crippen LogP contribution in [0.15, 0.2) is 17.8 Å². The van der Waals surface area contributed by atoms with Crippen molar-refractivity contribution in [3.8, 4) is 0 Å². The van der Waals surface area contributed by atoms with Crippen molar-refractivity contribution in [3.05, 3.63) is 23.5 Å². The van der Waals surface area contributed by atoms with Crippen LogP contribution in [0.3, 0.4) is 0 Å². The van der Waals surface area contributed by atoms with Crippen LogP contribution in [-0.2, 0) is 6.42 Å². The maximum atomic E-state index is 4.73. The molecule has 0 aliphatic heterocycles. The van der Waals surface area contributed by atoms with Gasteiger partial charge < -0.3 is 5.32 Å². The molecule has 1 fully saturated rings. The lowest BCUT2D eigenvalue weighted by Gasteiger charge is -2.40. The first-order valence-electron chi connectivity index (χ1n) is 7.30. The normalized spacial score (nSPS) is 20.7. The van der Waals surface area contributed by atoms with Crippen LogP contribution in [0.2, 0.25) is 0 Å². The lowest BCUT2D eigenvalue weighted by molar-refractivity contribution is 0.148. The van der Waals surface area contributed by atoms with Crippen LogP contribution in [0.25, 0.3) is 4.96 Å². The first-order valence-corrected chi connectivity index (χ1v) is 8.17. The second-order valence-electron chi connectivity index (χ2n) is 6.09. The Hall–Kier alpha value is -0.870. The van der Waals surface area contributed by atoms with E-state index in [1.165, 1.54) is 37.8 Å². The quantitative estimate of drug-likeness (QED) is 0.927. The van der Waals surface area contributed by atoms with E-state index < -0.39 is 0 Å². The minimum Gasteiger partial charge on any atom is -0.316 e. The first-order chi connectivity index (χ1) is 9.21. The maximum absolute atomic E-state index is 4.73. The van der Waals surface area contributed by atoms with Gasteiger partial charge in [0.05, 0.1) is 5.69 Å². The Bertz CT molecular complexity index is 508. The molecule has 0 aromatic carbocycles. The Kier molecular flexibility index (Phi) is 3.63. The molecule has 4 heteroatoms. The summed E-state index contributed by atoms with van der Waals surface area (Å²) >= 11 is 1.71. The van der Waals surface area contributed by atoms with Crippen LogP contribution in [0.4, 0.5) is 0 Å². The highest BCUT2D eigenvalue weighted by Gasteiger charge is 2.34. The van der Waals surface area contributed by atoms with E-state index in [9.17, 15) is 0 Å². The van der Waals surface area contributed by atoms with Gasteiger partial charge in [0, 0.05) is 30.2 Å². The van der Waals surface area contributed by atoms with E-state index in [1.807, 2.05) is 0 Å². The molecule has 1 saturated carbocycles. The number of fused-ring (bicyclic) bond motifs is 1. The van der Waals surface area contributed by atoms with Gasteiger partial charge in [-0.2, -0.15) is 0 Å². The molecule has 1 aliphatic carbocycles. The van der Waals surface area contributed by atoms with Crippen molar-refractivity contribution in [2.24, 2.45) is 5.41 Å². The van der Waals surface area contributed by atoms with Gasteiger partial charge in [-0.3, -0.25) is 4.40 Å². The molecule has 19 heavy (non-hydrogen) atoms. The van der Waals surface area contributed by atoms with Crippen molar-refractivity contribution < 1.29 is 0 Å². The molecule has 3 rings (SSSR count). The second kappa shape index (κ2) is 5.25. The van der Waals surface area contributed by atoms with Crippen LogP contribution < -0.4 is 5.32 Å². The molecule has 2 heterocycles. The summed E-state index contributed by atoms with van der Waals surface area (Å²) in [6.45, 7) is 2.45. The van der Waals surface area contributed by atoms with Crippen molar-refractivity contribution in [1.82, 2.24) is 14.7 Å². The van der Waals surface area contributed by atoms with Gasteiger partial charge in [-0.05, 0) is 25.3 Å². The zero-order chi connectivity index (χ0) is 13.3. The fraction of sp³-hybridized carbons (Fsp3) is 0.667. The SMILES string of the molecule is CNC(Cc1cn2ccsc2n1)C1(C)CCCCC1. The molecule has 2 aromatic heterocycles. The van der Waals surface area contributed by atoms with Crippen LogP contribution >= 0.6 is 11.3 Å². The maximum Gasteiger partial charge on any atom is 0.193 e. The van der Waals surface area contributed by atoms with Gasteiger partial charge in [-0.15, -0.1) is 11.3 Å². The van der Waals surface area contributed by atoms with E-state index >= 15 is 0 Å². The average molecular weight is 277 g/mol. The van der Waals surface area contributed by atoms with Gasteiger partial charge >= 0.3 is 0 Å². The van der Waals surface area contributed by atoms with Crippen molar-refractivity contribution in [1.29, 1.82) is 0 Å². The zero-order valence-corrected chi connectivity index (χ0v) is 12.7. The molecule has 0 radical (unpaired) electrons. The van der Waals surface area contributed by atoms with Gasteiger partial charge in [0.15, 0.2) is 4.96 Å². The molecule has 2 aromatic rings. The minimum atomic E-state index is 0.435. The van der Waals surface area contributed by atoms with Crippen LogP contribution in [-0.4, -0.2) is 22.5 Å². The number of nitrogens with zero attached hydrogens (tertiary/aromatic N) is 2. The van der Waals surface area contributed by atoms with Crippen molar-refractivity contribution in [2.45, 2.75) is 51.5 Å². The number of nitrogens with one attached hydrogen (secondary N) is 1. The molecule has 1 atom stereocenters. The van der Waals surface area contributed by atoms with Gasteiger partial charge in [-0.25, -0.2) is 4.98 Å². The number of imidazole rings is 1. The van der Waals surface area contributed by atoms with E-state index in [0.29, 0.717) is 11.5 Å². The fourth-order valence-corrected chi connectivity index (χ4v) is 4.21. The highest BCUT2D eigenvalue weighted by molar-refractivity contribution is 7.15. The lowest BCUT2D eigenvalue weighted by Crippen LogP contribution is -2.44. The van der Waals surface area contributed by atoms with E-state index in [4.69, 9.17) is 4.98 Å². The van der Waals surface area contributed by atoms with Gasteiger partial charge in [0.2, 0.25) is 0 Å². The standard InChI is InChI=1S/C15H23N3S/c1-15(6-4-3-5-7-15)13(16-2)10-12-11-18-8-9-19-14(18)17-12/h8-9,11,13,16H,3-7,10H2,1-2H3. The van der Waals surface area contributed by atoms with Gasteiger partial charge in [-0.1, -0.05) is 26.2 Å². The van der Waals surface area contributed by atoms with E-state index in [1.54, 1.807) is 11.3 Å². The van der Waals surface area contributed by atoms with Gasteiger partial charge in [0.1, 0.15) is 0 Å². The molecule has 0 saturated heterocycles. The summed E-state index contributed by atoms with van der Waals surface area (Å²) in [7, 11) is 2.10. The molecule has 0 amide bonds. The molecule has 1 aliphatic rings. The van der Waals surface area contributed by atoms with E-state index in [0.717, 1.165) is 11.4 Å². The highest BCUT2D eigenvalue weighted by Crippen LogP contribution is 2.39. The predicted octanol–water partition coefficient (Wildman–Crippen LogP) is 3.50. The number of rotatable bonds is 4. The van der Waals surface area contributed by atoms with Crippen molar-refractivity contribution in [3.63, 3.8) is 0 Å². The summed E-state index contributed by atoms with van der Waals surface area (Å²) in [4.78, 5) is 5.84. The largest absolute Gasteiger partial charge is 0.316 e. The molecule has 0 bridgehead atoms. The monoisotopic (exact) mass is 277 g/mol.